The first kappa shape index (κ1) is 17.3. The van der Waals surface area contributed by atoms with Gasteiger partial charge in [0.1, 0.15) is 19.2 Å². The van der Waals surface area contributed by atoms with Gasteiger partial charge in [-0.3, -0.25) is 14.4 Å². The highest BCUT2D eigenvalue weighted by atomic mass is 32.1. The average molecular weight is 336 g/mol. The van der Waals surface area contributed by atoms with Crippen LogP contribution in [0.1, 0.15) is 24.8 Å². The van der Waals surface area contributed by atoms with E-state index in [1.807, 2.05) is 30.3 Å². The van der Waals surface area contributed by atoms with Crippen molar-refractivity contribution in [3.63, 3.8) is 0 Å². The van der Waals surface area contributed by atoms with Gasteiger partial charge >= 0.3 is 5.97 Å². The second-order valence-electron chi connectivity index (χ2n) is 5.40. The van der Waals surface area contributed by atoms with Crippen LogP contribution < -0.4 is 5.32 Å². The Morgan fingerprint density at radius 2 is 2.00 bits per heavy atom. The Morgan fingerprint density at radius 1 is 1.26 bits per heavy atom. The van der Waals surface area contributed by atoms with Gasteiger partial charge in [-0.1, -0.05) is 43.0 Å². The number of esters is 1. The maximum atomic E-state index is 12.4. The third-order valence-electron chi connectivity index (χ3n) is 3.64. The smallest absolute Gasteiger partial charge is 0.325 e. The number of hydrogen-bond donors (Lipinski definition) is 2. The molecule has 1 fully saturated rings. The molecule has 1 saturated heterocycles. The van der Waals surface area contributed by atoms with Crippen LogP contribution in [0.25, 0.3) is 0 Å². The summed E-state index contributed by atoms with van der Waals surface area (Å²) in [4.78, 5) is 36.8. The summed E-state index contributed by atoms with van der Waals surface area (Å²) < 4.78 is 5.20. The highest BCUT2D eigenvalue weighted by Gasteiger charge is 2.29. The lowest BCUT2D eigenvalue weighted by molar-refractivity contribution is -0.150. The molecule has 1 aliphatic rings. The van der Waals surface area contributed by atoms with Crippen molar-refractivity contribution in [2.45, 2.75) is 31.9 Å². The summed E-state index contributed by atoms with van der Waals surface area (Å²) in [7, 11) is 0. The van der Waals surface area contributed by atoms with E-state index in [2.05, 4.69) is 17.9 Å². The van der Waals surface area contributed by atoms with Gasteiger partial charge < -0.3 is 15.0 Å². The topological polar surface area (TPSA) is 75.7 Å². The highest BCUT2D eigenvalue weighted by Crippen LogP contribution is 2.13. The Morgan fingerprint density at radius 3 is 2.70 bits per heavy atom. The van der Waals surface area contributed by atoms with Crippen LogP contribution in [0.3, 0.4) is 0 Å². The van der Waals surface area contributed by atoms with E-state index in [9.17, 15) is 14.4 Å². The maximum Gasteiger partial charge on any atom is 0.325 e. The third kappa shape index (κ3) is 5.59. The molecular weight excluding hydrogens is 316 g/mol. The van der Waals surface area contributed by atoms with Crippen LogP contribution >= 0.6 is 12.6 Å². The standard InChI is InChI=1S/C16H20N2O4S/c19-14(22-11-12-6-2-1-3-7-12)10-18-9-5-4-8-13(15(18)20)17-16(21)23/h1-3,6-7,13H,4-5,8-11H2,(H2,17,21,23). The van der Waals surface area contributed by atoms with Crippen molar-refractivity contribution >= 4 is 29.7 Å². The molecule has 7 heteroatoms. The van der Waals surface area contributed by atoms with E-state index >= 15 is 0 Å². The molecule has 0 aliphatic carbocycles. The minimum absolute atomic E-state index is 0.107. The van der Waals surface area contributed by atoms with E-state index < -0.39 is 17.3 Å². The Bertz CT molecular complexity index is 564. The van der Waals surface area contributed by atoms with Gasteiger partial charge in [-0.2, -0.15) is 0 Å². The molecule has 1 aromatic carbocycles. The van der Waals surface area contributed by atoms with E-state index in [0.717, 1.165) is 18.4 Å². The summed E-state index contributed by atoms with van der Waals surface area (Å²) >= 11 is 3.65. The lowest BCUT2D eigenvalue weighted by Crippen LogP contribution is -2.47. The lowest BCUT2D eigenvalue weighted by Gasteiger charge is -2.23. The zero-order valence-corrected chi connectivity index (χ0v) is 13.6. The summed E-state index contributed by atoms with van der Waals surface area (Å²) in [5.74, 6) is -0.721. The van der Waals surface area contributed by atoms with E-state index in [4.69, 9.17) is 4.74 Å². The number of likely N-dealkylation sites (tertiary alicyclic amines) is 1. The summed E-state index contributed by atoms with van der Waals surface area (Å²) in [6, 6.07) is 8.73. The molecule has 6 nitrogen and oxygen atoms in total. The van der Waals surface area contributed by atoms with Crippen LogP contribution in [-0.2, 0) is 20.9 Å². The number of benzene rings is 1. The highest BCUT2D eigenvalue weighted by molar-refractivity contribution is 7.96. The molecule has 124 valence electrons. The first-order valence-corrected chi connectivity index (χ1v) is 7.99. The Hall–Kier alpha value is -2.02. The maximum absolute atomic E-state index is 12.4. The third-order valence-corrected chi connectivity index (χ3v) is 3.77. The average Bonchev–Trinajstić information content (AvgIpc) is 2.69. The Labute approximate surface area is 140 Å². The minimum atomic E-state index is -0.621. The molecule has 0 bridgehead atoms. The Kier molecular flexibility index (Phi) is 6.46. The number of nitrogens with one attached hydrogen (secondary N) is 1. The lowest BCUT2D eigenvalue weighted by atomic mass is 10.1. The van der Waals surface area contributed by atoms with Crippen molar-refractivity contribution in [2.24, 2.45) is 0 Å². The molecule has 1 heterocycles. The zero-order chi connectivity index (χ0) is 16.7. The van der Waals surface area contributed by atoms with Crippen LogP contribution in [0.15, 0.2) is 30.3 Å². The molecule has 0 aromatic heterocycles. The molecular formula is C16H20N2O4S. The van der Waals surface area contributed by atoms with E-state index in [1.54, 1.807) is 0 Å². The molecule has 0 saturated carbocycles. The predicted molar refractivity (Wildman–Crippen MR) is 88.0 cm³/mol. The van der Waals surface area contributed by atoms with Gasteiger partial charge in [-0.05, 0) is 24.8 Å². The van der Waals surface area contributed by atoms with Gasteiger partial charge in [-0.15, -0.1) is 0 Å². The number of amides is 2. The van der Waals surface area contributed by atoms with Crippen molar-refractivity contribution < 1.29 is 19.1 Å². The SMILES string of the molecule is O=C(S)NC1CCCCN(CC(=O)OCc2ccccc2)C1=O. The first-order chi connectivity index (χ1) is 11.1. The van der Waals surface area contributed by atoms with Crippen LogP contribution in [0.5, 0.6) is 0 Å². The second kappa shape index (κ2) is 8.57. The number of ether oxygens (including phenoxy) is 1. The van der Waals surface area contributed by atoms with Crippen LogP contribution in [-0.4, -0.2) is 41.1 Å². The fraction of sp³-hybridized carbons (Fsp3) is 0.438. The first-order valence-electron chi connectivity index (χ1n) is 7.54. The second-order valence-corrected chi connectivity index (χ2v) is 5.81. The fourth-order valence-corrected chi connectivity index (χ4v) is 2.64. The minimum Gasteiger partial charge on any atom is -0.459 e. The van der Waals surface area contributed by atoms with Crippen molar-refractivity contribution in [1.29, 1.82) is 0 Å². The molecule has 23 heavy (non-hydrogen) atoms. The summed E-state index contributed by atoms with van der Waals surface area (Å²) in [6.07, 6.45) is 2.15. The van der Waals surface area contributed by atoms with Crippen molar-refractivity contribution in [2.75, 3.05) is 13.1 Å². The van der Waals surface area contributed by atoms with Gasteiger partial charge in [0.25, 0.3) is 5.24 Å². The number of carbonyl (C=O) groups excluding carboxylic acids is 3. The summed E-state index contributed by atoms with van der Waals surface area (Å²) in [5.41, 5.74) is 0.892. The van der Waals surface area contributed by atoms with E-state index in [-0.39, 0.29) is 19.1 Å². The van der Waals surface area contributed by atoms with Crippen LogP contribution in [0.2, 0.25) is 0 Å². The molecule has 0 spiro atoms. The number of hydrogen-bond acceptors (Lipinski definition) is 4. The molecule has 0 radical (unpaired) electrons. The van der Waals surface area contributed by atoms with E-state index in [0.29, 0.717) is 13.0 Å². The van der Waals surface area contributed by atoms with Gasteiger partial charge in [0.2, 0.25) is 5.91 Å². The molecule has 2 rings (SSSR count). The van der Waals surface area contributed by atoms with Gasteiger partial charge in [0.05, 0.1) is 0 Å². The fourth-order valence-electron chi connectivity index (χ4n) is 2.48. The molecule has 1 unspecified atom stereocenters. The zero-order valence-electron chi connectivity index (χ0n) is 12.7. The molecule has 2 amide bonds. The van der Waals surface area contributed by atoms with Crippen LogP contribution in [0, 0.1) is 0 Å². The quantitative estimate of drug-likeness (QED) is 0.634. The monoisotopic (exact) mass is 336 g/mol. The van der Waals surface area contributed by atoms with Gasteiger partial charge in [0.15, 0.2) is 0 Å². The van der Waals surface area contributed by atoms with Crippen molar-refractivity contribution in [3.8, 4) is 0 Å². The van der Waals surface area contributed by atoms with Crippen molar-refractivity contribution in [1.82, 2.24) is 10.2 Å². The summed E-state index contributed by atoms with van der Waals surface area (Å²) in [6.45, 7) is 0.557. The number of thiol groups is 1. The number of carbonyl (C=O) groups is 3. The van der Waals surface area contributed by atoms with E-state index in [1.165, 1.54) is 4.90 Å². The number of nitrogens with zero attached hydrogens (tertiary/aromatic N) is 1. The predicted octanol–water partition coefficient (Wildman–Crippen LogP) is 1.75. The largest absolute Gasteiger partial charge is 0.459 e. The van der Waals surface area contributed by atoms with Crippen LogP contribution in [0.4, 0.5) is 4.79 Å². The molecule has 1 atom stereocenters. The molecule has 1 N–H and O–H groups in total. The molecule has 1 aliphatic heterocycles. The van der Waals surface area contributed by atoms with Crippen molar-refractivity contribution in [3.05, 3.63) is 35.9 Å². The Balaban J connectivity index is 1.87. The molecule has 1 aromatic rings. The van der Waals surface area contributed by atoms with Gasteiger partial charge in [0, 0.05) is 6.54 Å². The van der Waals surface area contributed by atoms with Gasteiger partial charge in [-0.25, -0.2) is 0 Å². The number of rotatable bonds is 5. The summed E-state index contributed by atoms with van der Waals surface area (Å²) in [5, 5.41) is 1.97. The normalized spacial score (nSPS) is 18.2.